The largest absolute Gasteiger partial charge is 0.417 e. The monoisotopic (exact) mass is 324 g/mol. The Morgan fingerprint density at radius 3 is 2.71 bits per heavy atom. The van der Waals surface area contributed by atoms with Gasteiger partial charge in [-0.25, -0.2) is 4.79 Å². The van der Waals surface area contributed by atoms with Crippen LogP contribution >= 0.6 is 0 Å². The topological polar surface area (TPSA) is 75.1 Å². The van der Waals surface area contributed by atoms with Gasteiger partial charge in [-0.05, 0) is 42.5 Å². The number of rotatable bonds is 7. The van der Waals surface area contributed by atoms with Gasteiger partial charge in [-0.2, -0.15) is 0 Å². The molecule has 0 radical (unpaired) electrons. The first-order valence-electron chi connectivity index (χ1n) is 8.13. The Morgan fingerprint density at radius 2 is 1.88 bits per heavy atom. The van der Waals surface area contributed by atoms with Crippen molar-refractivity contribution in [2.75, 3.05) is 6.54 Å². The van der Waals surface area contributed by atoms with Crippen molar-refractivity contribution in [1.29, 1.82) is 0 Å². The second kappa shape index (κ2) is 7.64. The maximum absolute atomic E-state index is 11.9. The van der Waals surface area contributed by atoms with E-state index in [0.29, 0.717) is 30.5 Å². The summed E-state index contributed by atoms with van der Waals surface area (Å²) in [4.78, 5) is 25.7. The standard InChI is InChI=1S/C19H20N2O3/c22-18(20-12-4-7-14-5-2-1-3-6-14)11-9-15-8-10-17-16(13-15)21-19(23)24-17/h1-3,5-6,8,10,13H,4,7,9,11-12H2,(H,20,22)(H,21,23). The molecule has 0 aliphatic carbocycles. The fourth-order valence-corrected chi connectivity index (χ4v) is 2.67. The number of aryl methyl sites for hydroxylation is 2. The second-order valence-corrected chi connectivity index (χ2v) is 5.78. The third-order valence-corrected chi connectivity index (χ3v) is 3.93. The van der Waals surface area contributed by atoms with Crippen LogP contribution in [0.2, 0.25) is 0 Å². The Labute approximate surface area is 139 Å². The number of carbonyl (C=O) groups excluding carboxylic acids is 1. The minimum Gasteiger partial charge on any atom is -0.408 e. The first-order chi connectivity index (χ1) is 11.7. The number of nitrogens with one attached hydrogen (secondary N) is 2. The number of fused-ring (bicyclic) bond motifs is 1. The molecular formula is C19H20N2O3. The third-order valence-electron chi connectivity index (χ3n) is 3.93. The summed E-state index contributed by atoms with van der Waals surface area (Å²) in [5.74, 6) is -0.415. The van der Waals surface area contributed by atoms with Gasteiger partial charge in [0.1, 0.15) is 0 Å². The van der Waals surface area contributed by atoms with Crippen molar-refractivity contribution >= 4 is 17.0 Å². The average Bonchev–Trinajstić information content (AvgIpc) is 2.97. The van der Waals surface area contributed by atoms with Crippen molar-refractivity contribution in [3.05, 3.63) is 70.2 Å². The number of amides is 1. The summed E-state index contributed by atoms with van der Waals surface area (Å²) in [6.07, 6.45) is 2.95. The molecule has 5 nitrogen and oxygen atoms in total. The summed E-state index contributed by atoms with van der Waals surface area (Å²) in [7, 11) is 0. The highest BCUT2D eigenvalue weighted by Crippen LogP contribution is 2.13. The Morgan fingerprint density at radius 1 is 1.04 bits per heavy atom. The number of carbonyl (C=O) groups is 1. The SMILES string of the molecule is O=C(CCc1ccc2oc(=O)[nH]c2c1)NCCCc1ccccc1. The maximum atomic E-state index is 11.9. The molecule has 0 aliphatic rings. The van der Waals surface area contributed by atoms with E-state index in [9.17, 15) is 9.59 Å². The fraction of sp³-hybridized carbons (Fsp3) is 0.263. The Bertz CT molecular complexity index is 865. The lowest BCUT2D eigenvalue weighted by Gasteiger charge is -2.06. The number of aromatic nitrogens is 1. The highest BCUT2D eigenvalue weighted by Gasteiger charge is 2.05. The van der Waals surface area contributed by atoms with Gasteiger partial charge in [-0.15, -0.1) is 0 Å². The van der Waals surface area contributed by atoms with Crippen LogP contribution in [0.5, 0.6) is 0 Å². The molecule has 1 amide bonds. The van der Waals surface area contributed by atoms with Crippen LogP contribution in [0.25, 0.3) is 11.1 Å². The zero-order valence-corrected chi connectivity index (χ0v) is 13.4. The van der Waals surface area contributed by atoms with Crippen LogP contribution in [0.1, 0.15) is 24.0 Å². The van der Waals surface area contributed by atoms with Crippen molar-refractivity contribution in [3.8, 4) is 0 Å². The van der Waals surface area contributed by atoms with Crippen LogP contribution in [-0.4, -0.2) is 17.4 Å². The summed E-state index contributed by atoms with van der Waals surface area (Å²) in [5.41, 5.74) is 3.49. The van der Waals surface area contributed by atoms with Gasteiger partial charge >= 0.3 is 5.76 Å². The van der Waals surface area contributed by atoms with Crippen LogP contribution in [0, 0.1) is 0 Å². The van der Waals surface area contributed by atoms with E-state index in [2.05, 4.69) is 22.4 Å². The van der Waals surface area contributed by atoms with E-state index in [1.54, 1.807) is 6.07 Å². The van der Waals surface area contributed by atoms with E-state index >= 15 is 0 Å². The van der Waals surface area contributed by atoms with Gasteiger partial charge in [0.25, 0.3) is 0 Å². The van der Waals surface area contributed by atoms with E-state index in [1.165, 1.54) is 5.56 Å². The molecule has 0 fully saturated rings. The van der Waals surface area contributed by atoms with Crippen LogP contribution in [0.4, 0.5) is 0 Å². The summed E-state index contributed by atoms with van der Waals surface area (Å²) in [5, 5.41) is 2.95. The van der Waals surface area contributed by atoms with E-state index in [0.717, 1.165) is 18.4 Å². The second-order valence-electron chi connectivity index (χ2n) is 5.78. The number of benzene rings is 2. The highest BCUT2D eigenvalue weighted by atomic mass is 16.4. The Hall–Kier alpha value is -2.82. The molecule has 0 spiro atoms. The minimum atomic E-state index is -0.460. The molecule has 0 unspecified atom stereocenters. The molecule has 3 aromatic rings. The quantitative estimate of drug-likeness (QED) is 0.656. The van der Waals surface area contributed by atoms with Crippen molar-refractivity contribution in [1.82, 2.24) is 10.3 Å². The van der Waals surface area contributed by atoms with E-state index in [1.807, 2.05) is 30.3 Å². The zero-order valence-electron chi connectivity index (χ0n) is 13.4. The molecule has 2 aromatic carbocycles. The number of hydrogen-bond donors (Lipinski definition) is 2. The summed E-state index contributed by atoms with van der Waals surface area (Å²) < 4.78 is 4.96. The predicted octanol–water partition coefficient (Wildman–Crippen LogP) is 2.80. The number of hydrogen-bond acceptors (Lipinski definition) is 3. The molecule has 0 saturated heterocycles. The maximum Gasteiger partial charge on any atom is 0.417 e. The first kappa shape index (κ1) is 16.1. The molecule has 2 N–H and O–H groups in total. The molecule has 0 aliphatic heterocycles. The predicted molar refractivity (Wildman–Crippen MR) is 92.9 cm³/mol. The molecule has 0 bridgehead atoms. The average molecular weight is 324 g/mol. The molecule has 24 heavy (non-hydrogen) atoms. The molecule has 1 heterocycles. The first-order valence-corrected chi connectivity index (χ1v) is 8.13. The molecule has 5 heteroatoms. The van der Waals surface area contributed by atoms with Crippen molar-refractivity contribution in [2.24, 2.45) is 0 Å². The van der Waals surface area contributed by atoms with E-state index in [-0.39, 0.29) is 5.91 Å². The van der Waals surface area contributed by atoms with Gasteiger partial charge in [0.15, 0.2) is 5.58 Å². The summed E-state index contributed by atoms with van der Waals surface area (Å²) in [6.45, 7) is 0.682. The van der Waals surface area contributed by atoms with Crippen LogP contribution in [0.15, 0.2) is 57.7 Å². The molecule has 1 aromatic heterocycles. The molecule has 0 saturated carbocycles. The van der Waals surface area contributed by atoms with Crippen molar-refractivity contribution < 1.29 is 9.21 Å². The zero-order chi connectivity index (χ0) is 16.8. The summed E-state index contributed by atoms with van der Waals surface area (Å²) >= 11 is 0. The Balaban J connectivity index is 1.40. The van der Waals surface area contributed by atoms with Gasteiger partial charge in [0, 0.05) is 13.0 Å². The van der Waals surface area contributed by atoms with E-state index in [4.69, 9.17) is 4.42 Å². The fourth-order valence-electron chi connectivity index (χ4n) is 2.67. The van der Waals surface area contributed by atoms with Gasteiger partial charge in [-0.1, -0.05) is 36.4 Å². The lowest BCUT2D eigenvalue weighted by atomic mass is 10.1. The minimum absolute atomic E-state index is 0.0452. The van der Waals surface area contributed by atoms with Crippen molar-refractivity contribution in [3.63, 3.8) is 0 Å². The normalized spacial score (nSPS) is 10.8. The molecule has 0 atom stereocenters. The van der Waals surface area contributed by atoms with Gasteiger partial charge < -0.3 is 9.73 Å². The Kier molecular flexibility index (Phi) is 5.11. The third kappa shape index (κ3) is 4.35. The van der Waals surface area contributed by atoms with Gasteiger partial charge in [0.05, 0.1) is 5.52 Å². The van der Waals surface area contributed by atoms with Crippen LogP contribution in [0.3, 0.4) is 0 Å². The molecule has 124 valence electrons. The summed E-state index contributed by atoms with van der Waals surface area (Å²) in [6, 6.07) is 15.7. The molecule has 3 rings (SSSR count). The number of oxazole rings is 1. The van der Waals surface area contributed by atoms with Crippen LogP contribution in [-0.2, 0) is 17.6 Å². The molecular weight excluding hydrogens is 304 g/mol. The number of H-pyrrole nitrogens is 1. The van der Waals surface area contributed by atoms with Crippen LogP contribution < -0.4 is 11.1 Å². The van der Waals surface area contributed by atoms with Gasteiger partial charge in [-0.3, -0.25) is 9.78 Å². The van der Waals surface area contributed by atoms with Crippen molar-refractivity contribution in [2.45, 2.75) is 25.7 Å². The van der Waals surface area contributed by atoms with Gasteiger partial charge in [0.2, 0.25) is 5.91 Å². The van der Waals surface area contributed by atoms with E-state index < -0.39 is 5.76 Å². The lowest BCUT2D eigenvalue weighted by Crippen LogP contribution is -2.24. The number of aromatic amines is 1. The smallest absolute Gasteiger partial charge is 0.408 e. The lowest BCUT2D eigenvalue weighted by molar-refractivity contribution is -0.121. The highest BCUT2D eigenvalue weighted by molar-refractivity contribution is 5.77.